The van der Waals surface area contributed by atoms with Crippen molar-refractivity contribution in [3.8, 4) is 5.75 Å². The number of carboxylic acid groups (broad SMARTS) is 1. The molecular weight excluding hydrogens is 844 g/mol. The second kappa shape index (κ2) is 22.5. The molecule has 0 atom stereocenters. The van der Waals surface area contributed by atoms with Gasteiger partial charge in [-0.1, -0.05) is 42.1 Å². The number of nitrogens with zero attached hydrogens (tertiary/aromatic N) is 4. The molecule has 0 bridgehead atoms. The van der Waals surface area contributed by atoms with Crippen LogP contribution in [0.4, 0.5) is 11.4 Å². The Labute approximate surface area is 385 Å². The van der Waals surface area contributed by atoms with Gasteiger partial charge in [0, 0.05) is 22.6 Å². The summed E-state index contributed by atoms with van der Waals surface area (Å²) in [5.41, 5.74) is 1.46. The van der Waals surface area contributed by atoms with Crippen LogP contribution in [0.3, 0.4) is 0 Å². The second-order valence-corrected chi connectivity index (χ2v) is 14.2. The van der Waals surface area contributed by atoms with E-state index in [2.05, 4.69) is 24.9 Å². The van der Waals surface area contributed by atoms with Crippen LogP contribution < -0.4 is 118 Å². The average molecular weight is 860 g/mol. The van der Waals surface area contributed by atoms with Crippen molar-refractivity contribution in [2.45, 2.75) is 14.7 Å². The summed E-state index contributed by atoms with van der Waals surface area (Å²) in [5, 5.41) is 30.9. The third-order valence-corrected chi connectivity index (χ3v) is 9.06. The molecule has 2 N–H and O–H groups in total. The van der Waals surface area contributed by atoms with E-state index in [-0.39, 0.29) is 147 Å². The molecule has 0 spiro atoms. The normalized spacial score (nSPS) is 11.9. The molecule has 0 aliphatic rings. The van der Waals surface area contributed by atoms with E-state index in [9.17, 15) is 62.3 Å². The van der Waals surface area contributed by atoms with E-state index < -0.39 is 102 Å². The largest absolute Gasteiger partial charge is 1.00 e. The number of azo groups is 1. The molecule has 28 heteroatoms. The summed E-state index contributed by atoms with van der Waals surface area (Å²) in [5.74, 6) is -4.69. The maximum atomic E-state index is 12.7. The van der Waals surface area contributed by atoms with Gasteiger partial charge in [-0.25, -0.2) is 38.5 Å². The number of sulfone groups is 1. The summed E-state index contributed by atoms with van der Waals surface area (Å²) < 4.78 is 131. The number of hydrogen-bond acceptors (Lipinski definition) is 16. The Kier molecular flexibility index (Phi) is 24.5. The number of aromatic carboxylic acids is 1. The van der Waals surface area contributed by atoms with E-state index in [1.807, 2.05) is 0 Å². The molecule has 0 aromatic heterocycles. The van der Waals surface area contributed by atoms with Crippen molar-refractivity contribution in [3.63, 3.8) is 0 Å². The molecule has 0 saturated carbocycles. The SMILES string of the molecule is O=C(O)c1ccc(S(=O)(=O)[O-])cc1N=NC(=N[N-]c1cc(S(=O)(=O)CCOS(=O)(=O)[O-])cc(S(=O)(=O)[O-])c1O)c1ccccc1.[Cu].[Na+].[Na+].[Na+].[Na+]. The molecule has 0 heterocycles. The predicted molar refractivity (Wildman–Crippen MR) is 146 cm³/mol. The number of hydrogen-bond donors (Lipinski definition) is 2. The van der Waals surface area contributed by atoms with E-state index in [0.717, 1.165) is 12.1 Å². The van der Waals surface area contributed by atoms with Crippen molar-refractivity contribution in [1.29, 1.82) is 0 Å². The summed E-state index contributed by atoms with van der Waals surface area (Å²) in [6, 6.07) is 10.1. The maximum absolute atomic E-state index is 12.7. The summed E-state index contributed by atoms with van der Waals surface area (Å²) >= 11 is 0. The van der Waals surface area contributed by atoms with Crippen LogP contribution in [-0.4, -0.2) is 81.7 Å². The Hall–Kier alpha value is 0.159. The van der Waals surface area contributed by atoms with E-state index in [1.165, 1.54) is 24.3 Å². The van der Waals surface area contributed by atoms with Crippen LogP contribution in [-0.2, 0) is 61.7 Å². The number of rotatable bonds is 12. The first-order chi connectivity index (χ1) is 20.7. The number of phenols is 1. The Morgan fingerprint density at radius 3 is 1.88 bits per heavy atom. The number of benzene rings is 3. The zero-order valence-electron chi connectivity index (χ0n) is 26.1. The van der Waals surface area contributed by atoms with Crippen molar-refractivity contribution in [2.75, 3.05) is 12.4 Å². The van der Waals surface area contributed by atoms with Gasteiger partial charge in [-0.15, -0.1) is 10.2 Å². The van der Waals surface area contributed by atoms with Crippen molar-refractivity contribution in [2.24, 2.45) is 15.3 Å². The van der Waals surface area contributed by atoms with E-state index >= 15 is 0 Å². The first-order valence-electron chi connectivity index (χ1n) is 11.4. The van der Waals surface area contributed by atoms with Gasteiger partial charge in [-0.2, -0.15) is 0 Å². The quantitative estimate of drug-likeness (QED) is 0.0325. The van der Waals surface area contributed by atoms with Crippen molar-refractivity contribution in [3.05, 3.63) is 77.2 Å². The van der Waals surface area contributed by atoms with Gasteiger partial charge < -0.3 is 34.4 Å². The number of carbonyl (C=O) groups is 1. The number of carboxylic acids is 1. The third kappa shape index (κ3) is 16.3. The molecule has 0 saturated heterocycles. The molecular formula is C22H16CuN4Na4O15S4. The molecule has 1 radical (unpaired) electrons. The standard InChI is InChI=1S/C22H20N4O15S4.Cu.4Na/c27-20-18(11-15(12-19(20)44(35,36)37)42(30,31)9-8-41-45(38,39)40)24-26-21(13-4-2-1-3-5-13)25-23-17-10-14(43(32,33)34)6-7-16(17)22(28)29;;;;;/h1-7,10-12H,8-9H2,(H6,23,24,25,26,27,28,29,32,33,34,35,36,37,38,39,40);;;;;/q;;4*+1/p-4. The molecule has 3 aromatic carbocycles. The molecule has 0 aliphatic carbocycles. The Bertz CT molecular complexity index is 2160. The zero-order valence-corrected chi connectivity index (χ0v) is 38.3. The summed E-state index contributed by atoms with van der Waals surface area (Å²) in [6.07, 6.45) is 0. The minimum absolute atomic E-state index is 0. The average Bonchev–Trinajstić information content (AvgIpc) is 2.92. The Morgan fingerprint density at radius 1 is 0.800 bits per heavy atom. The topological polar surface area (TPSA) is 324 Å². The van der Waals surface area contributed by atoms with Gasteiger partial charge in [0.05, 0.1) is 32.6 Å². The molecule has 0 unspecified atom stereocenters. The fraction of sp³-hybridized carbons (Fsp3) is 0.0909. The predicted octanol–water partition coefficient (Wildman–Crippen LogP) is -10.7. The van der Waals surface area contributed by atoms with Gasteiger partial charge in [-0.3, -0.25) is 4.18 Å². The smallest absolute Gasteiger partial charge is 0.744 e. The van der Waals surface area contributed by atoms with E-state index in [1.54, 1.807) is 6.07 Å². The van der Waals surface area contributed by atoms with Gasteiger partial charge >= 0.3 is 124 Å². The Morgan fingerprint density at radius 2 is 1.38 bits per heavy atom. The van der Waals surface area contributed by atoms with Crippen LogP contribution in [0.25, 0.3) is 5.43 Å². The second-order valence-electron chi connectivity index (χ2n) is 8.32. The van der Waals surface area contributed by atoms with Crippen LogP contribution in [0, 0.1) is 0 Å². The summed E-state index contributed by atoms with van der Waals surface area (Å²) in [6.45, 7) is -1.19. The molecule has 0 fully saturated rings. The van der Waals surface area contributed by atoms with E-state index in [4.69, 9.17) is 0 Å². The van der Waals surface area contributed by atoms with Gasteiger partial charge in [0.15, 0.2) is 15.7 Å². The van der Waals surface area contributed by atoms with Crippen LogP contribution in [0.5, 0.6) is 5.75 Å². The van der Waals surface area contributed by atoms with Crippen molar-refractivity contribution >= 4 is 63.7 Å². The number of phenolic OH excluding ortho intramolecular Hbond substituents is 1. The van der Waals surface area contributed by atoms with Crippen LogP contribution in [0.2, 0.25) is 0 Å². The van der Waals surface area contributed by atoms with Gasteiger partial charge in [-0.05, 0) is 24.3 Å². The molecule has 3 aromatic rings. The maximum Gasteiger partial charge on any atom is 1.00 e. The monoisotopic (exact) mass is 859 g/mol. The molecule has 50 heavy (non-hydrogen) atoms. The first kappa shape index (κ1) is 54.5. The molecule has 3 rings (SSSR count). The fourth-order valence-corrected chi connectivity index (χ4v) is 5.93. The first-order valence-corrected chi connectivity index (χ1v) is 17.2. The minimum atomic E-state index is -5.57. The fourth-order valence-electron chi connectivity index (χ4n) is 3.23. The zero-order chi connectivity index (χ0) is 33.8. The number of aromatic hydroxyl groups is 1. The van der Waals surface area contributed by atoms with Crippen LogP contribution in [0.15, 0.2) is 90.7 Å². The van der Waals surface area contributed by atoms with Gasteiger partial charge in [0.1, 0.15) is 31.7 Å². The summed E-state index contributed by atoms with van der Waals surface area (Å²) in [4.78, 5) is 8.29. The third-order valence-electron chi connectivity index (χ3n) is 5.26. The molecule has 0 amide bonds. The van der Waals surface area contributed by atoms with Gasteiger partial charge in [0.25, 0.3) is 0 Å². The van der Waals surface area contributed by atoms with Crippen molar-refractivity contribution in [1.82, 2.24) is 0 Å². The van der Waals surface area contributed by atoms with Crippen LogP contribution in [0.1, 0.15) is 15.9 Å². The summed E-state index contributed by atoms with van der Waals surface area (Å²) in [7, 11) is -20.6. The Balaban J connectivity index is -0.00000442. The van der Waals surface area contributed by atoms with Crippen molar-refractivity contribution < 1.29 is 202 Å². The van der Waals surface area contributed by atoms with Crippen LogP contribution >= 0.6 is 0 Å². The molecule has 0 aliphatic heterocycles. The molecule has 19 nitrogen and oxygen atoms in total. The number of amidine groups is 1. The van der Waals surface area contributed by atoms with E-state index in [0.29, 0.717) is 12.1 Å². The molecule has 253 valence electrons. The van der Waals surface area contributed by atoms with Gasteiger partial charge in [0.2, 0.25) is 10.4 Å². The minimum Gasteiger partial charge on any atom is -0.744 e.